The molecule has 0 bridgehead atoms. The molecule has 0 saturated carbocycles. The number of hydrogen-bond donors (Lipinski definition) is 1. The topological polar surface area (TPSA) is 85.5 Å². The molecule has 1 heterocycles. The van der Waals surface area contributed by atoms with Crippen molar-refractivity contribution >= 4 is 5.97 Å². The lowest BCUT2D eigenvalue weighted by Gasteiger charge is -2.04. The third kappa shape index (κ3) is 3.74. The number of halogens is 2. The van der Waals surface area contributed by atoms with Crippen molar-refractivity contribution in [2.75, 3.05) is 0 Å². The lowest BCUT2D eigenvalue weighted by atomic mass is 10.2. The van der Waals surface area contributed by atoms with Crippen LogP contribution in [-0.2, 0) is 11.2 Å². The van der Waals surface area contributed by atoms with E-state index in [1.165, 1.54) is 18.2 Å². The molecule has 2 rings (SSSR count). The Hall–Kier alpha value is -2.51. The molecule has 0 atom stereocenters. The van der Waals surface area contributed by atoms with E-state index in [1.54, 1.807) is 6.07 Å². The number of nitrogens with zero attached hydrogens (tertiary/aromatic N) is 2. The molecule has 1 aromatic carbocycles. The van der Waals surface area contributed by atoms with Crippen LogP contribution < -0.4 is 4.74 Å². The van der Waals surface area contributed by atoms with Gasteiger partial charge in [0.1, 0.15) is 5.75 Å². The molecule has 2 aromatic rings. The molecule has 8 heteroatoms. The number of hydrogen-bond acceptors (Lipinski definition) is 5. The summed E-state index contributed by atoms with van der Waals surface area (Å²) in [5, 5.41) is 16.0. The molecular weight excluding hydrogens is 274 g/mol. The Morgan fingerprint density at radius 3 is 2.90 bits per heavy atom. The second-order valence-corrected chi connectivity index (χ2v) is 3.80. The molecule has 20 heavy (non-hydrogen) atoms. The van der Waals surface area contributed by atoms with E-state index in [9.17, 15) is 13.6 Å². The molecule has 1 aromatic heterocycles. The summed E-state index contributed by atoms with van der Waals surface area (Å²) in [5.74, 6) is -0.715. The number of ether oxygens (including phenoxy) is 1. The summed E-state index contributed by atoms with van der Waals surface area (Å²) in [6, 6.07) is 5.80. The molecule has 0 aliphatic carbocycles. The number of aliphatic carboxylic acids is 1. The summed E-state index contributed by atoms with van der Waals surface area (Å²) in [5.41, 5.74) is 0.414. The van der Waals surface area contributed by atoms with Gasteiger partial charge in [0.25, 0.3) is 0 Å². The number of alkyl halides is 2. The predicted molar refractivity (Wildman–Crippen MR) is 62.3 cm³/mol. The van der Waals surface area contributed by atoms with E-state index in [2.05, 4.69) is 14.9 Å². The van der Waals surface area contributed by atoms with Gasteiger partial charge in [0.2, 0.25) is 11.8 Å². The Kier molecular flexibility index (Phi) is 4.24. The number of carboxylic acid groups (broad SMARTS) is 1. The highest BCUT2D eigenvalue weighted by molar-refractivity contribution is 5.66. The Balaban J connectivity index is 2.13. The molecule has 0 amide bonds. The number of rotatable bonds is 6. The van der Waals surface area contributed by atoms with E-state index < -0.39 is 12.6 Å². The Bertz CT molecular complexity index is 601. The monoisotopic (exact) mass is 284 g/mol. The lowest BCUT2D eigenvalue weighted by molar-refractivity contribution is -0.137. The van der Waals surface area contributed by atoms with Crippen LogP contribution in [0.1, 0.15) is 12.3 Å². The minimum absolute atomic E-state index is 0.0252. The third-order valence-corrected chi connectivity index (χ3v) is 2.33. The quantitative estimate of drug-likeness (QED) is 0.876. The minimum Gasteiger partial charge on any atom is -0.481 e. The van der Waals surface area contributed by atoms with Crippen LogP contribution in [0.3, 0.4) is 0 Å². The van der Waals surface area contributed by atoms with Crippen LogP contribution in [-0.4, -0.2) is 27.9 Å². The first-order valence-electron chi connectivity index (χ1n) is 5.64. The number of aromatic nitrogens is 2. The molecular formula is C12H10F2N2O4. The standard InChI is InChI=1S/C12H10F2N2O4/c13-12(14)19-8-3-1-2-7(6-8)11-16-15-9(20-11)4-5-10(17)18/h1-3,6,12H,4-5H2,(H,17,18). The summed E-state index contributed by atoms with van der Waals surface area (Å²) in [6.07, 6.45) is -0.0221. The van der Waals surface area contributed by atoms with Crippen molar-refractivity contribution in [1.82, 2.24) is 10.2 Å². The second-order valence-electron chi connectivity index (χ2n) is 3.80. The van der Waals surface area contributed by atoms with Crippen molar-refractivity contribution in [2.24, 2.45) is 0 Å². The first kappa shape index (κ1) is 13.9. The van der Waals surface area contributed by atoms with Gasteiger partial charge in [-0.15, -0.1) is 10.2 Å². The maximum absolute atomic E-state index is 12.1. The van der Waals surface area contributed by atoms with E-state index in [0.29, 0.717) is 5.56 Å². The van der Waals surface area contributed by atoms with Crippen LogP contribution in [0.15, 0.2) is 28.7 Å². The zero-order valence-electron chi connectivity index (χ0n) is 10.1. The van der Waals surface area contributed by atoms with Crippen molar-refractivity contribution in [1.29, 1.82) is 0 Å². The molecule has 1 N–H and O–H groups in total. The van der Waals surface area contributed by atoms with Gasteiger partial charge in [0, 0.05) is 12.0 Å². The van der Waals surface area contributed by atoms with Gasteiger partial charge in [-0.05, 0) is 18.2 Å². The normalized spacial score (nSPS) is 10.8. The fourth-order valence-corrected chi connectivity index (χ4v) is 1.49. The van der Waals surface area contributed by atoms with E-state index in [4.69, 9.17) is 9.52 Å². The zero-order chi connectivity index (χ0) is 14.5. The Morgan fingerprint density at radius 1 is 1.40 bits per heavy atom. The van der Waals surface area contributed by atoms with Crippen molar-refractivity contribution in [3.63, 3.8) is 0 Å². The first-order chi connectivity index (χ1) is 9.54. The molecule has 0 aliphatic rings. The predicted octanol–water partition coefficient (Wildman–Crippen LogP) is 2.36. The molecule has 0 unspecified atom stereocenters. The molecule has 0 saturated heterocycles. The maximum Gasteiger partial charge on any atom is 0.387 e. The SMILES string of the molecule is O=C(O)CCc1nnc(-c2cccc(OC(F)F)c2)o1. The van der Waals surface area contributed by atoms with Gasteiger partial charge in [0.05, 0.1) is 6.42 Å². The highest BCUT2D eigenvalue weighted by Crippen LogP contribution is 2.24. The van der Waals surface area contributed by atoms with Gasteiger partial charge in [0.15, 0.2) is 0 Å². The van der Waals surface area contributed by atoms with Gasteiger partial charge in [-0.3, -0.25) is 4.79 Å². The van der Waals surface area contributed by atoms with Crippen LogP contribution in [0, 0.1) is 0 Å². The minimum atomic E-state index is -2.92. The molecule has 0 radical (unpaired) electrons. The van der Waals surface area contributed by atoms with E-state index in [1.807, 2.05) is 0 Å². The number of carbonyl (C=O) groups is 1. The van der Waals surface area contributed by atoms with Gasteiger partial charge in [-0.2, -0.15) is 8.78 Å². The number of benzene rings is 1. The van der Waals surface area contributed by atoms with Gasteiger partial charge < -0.3 is 14.3 Å². The highest BCUT2D eigenvalue weighted by Gasteiger charge is 2.12. The average Bonchev–Trinajstić information content (AvgIpc) is 2.84. The number of aryl methyl sites for hydroxylation is 1. The first-order valence-corrected chi connectivity index (χ1v) is 5.64. The summed E-state index contributed by atoms with van der Waals surface area (Å²) in [4.78, 5) is 10.4. The molecule has 106 valence electrons. The maximum atomic E-state index is 12.1. The largest absolute Gasteiger partial charge is 0.481 e. The van der Waals surface area contributed by atoms with Gasteiger partial charge >= 0.3 is 12.6 Å². The van der Waals surface area contributed by atoms with Crippen molar-refractivity contribution in [3.05, 3.63) is 30.2 Å². The van der Waals surface area contributed by atoms with Crippen LogP contribution in [0.5, 0.6) is 5.75 Å². The molecule has 0 aliphatic heterocycles. The Morgan fingerprint density at radius 2 is 2.20 bits per heavy atom. The van der Waals surface area contributed by atoms with E-state index in [0.717, 1.165) is 0 Å². The molecule has 0 spiro atoms. The zero-order valence-corrected chi connectivity index (χ0v) is 10.1. The van der Waals surface area contributed by atoms with Crippen LogP contribution in [0.2, 0.25) is 0 Å². The van der Waals surface area contributed by atoms with Crippen LogP contribution in [0.4, 0.5) is 8.78 Å². The van der Waals surface area contributed by atoms with Crippen molar-refractivity contribution < 1.29 is 27.8 Å². The molecule has 0 fully saturated rings. The van der Waals surface area contributed by atoms with Gasteiger partial charge in [-0.1, -0.05) is 6.07 Å². The summed E-state index contributed by atoms with van der Waals surface area (Å²) in [6.45, 7) is -2.92. The van der Waals surface area contributed by atoms with E-state index >= 15 is 0 Å². The second kappa shape index (κ2) is 6.09. The van der Waals surface area contributed by atoms with E-state index in [-0.39, 0.29) is 30.4 Å². The lowest BCUT2D eigenvalue weighted by Crippen LogP contribution is -2.01. The fourth-order valence-electron chi connectivity index (χ4n) is 1.49. The fraction of sp³-hybridized carbons (Fsp3) is 0.250. The smallest absolute Gasteiger partial charge is 0.387 e. The van der Waals surface area contributed by atoms with Gasteiger partial charge in [-0.25, -0.2) is 0 Å². The highest BCUT2D eigenvalue weighted by atomic mass is 19.3. The third-order valence-electron chi connectivity index (χ3n) is 2.33. The summed E-state index contributed by atoms with van der Waals surface area (Å²) >= 11 is 0. The summed E-state index contributed by atoms with van der Waals surface area (Å²) in [7, 11) is 0. The Labute approximate surface area is 112 Å². The van der Waals surface area contributed by atoms with Crippen molar-refractivity contribution in [3.8, 4) is 17.2 Å². The van der Waals surface area contributed by atoms with Crippen LogP contribution >= 0.6 is 0 Å². The summed E-state index contributed by atoms with van der Waals surface area (Å²) < 4.78 is 33.7. The average molecular weight is 284 g/mol. The van der Waals surface area contributed by atoms with Crippen LogP contribution in [0.25, 0.3) is 11.5 Å². The number of carboxylic acids is 1. The molecule has 6 nitrogen and oxygen atoms in total. The van der Waals surface area contributed by atoms with Crippen molar-refractivity contribution in [2.45, 2.75) is 19.5 Å².